The molecule has 0 saturated carbocycles. The molecule has 1 amide bonds. The average Bonchev–Trinajstić information content (AvgIpc) is 3.00. The fraction of sp³-hybridized carbons (Fsp3) is 0.278. The predicted octanol–water partition coefficient (Wildman–Crippen LogP) is 3.44. The fourth-order valence-corrected chi connectivity index (χ4v) is 3.60. The maximum absolute atomic E-state index is 12.8. The average molecular weight is 325 g/mol. The maximum atomic E-state index is 12.8. The summed E-state index contributed by atoms with van der Waals surface area (Å²) < 4.78 is 0. The molecular weight excluding hydrogens is 306 g/mol. The first-order chi connectivity index (χ1) is 11.1. The minimum Gasteiger partial charge on any atom is -0.286 e. The molecule has 1 aliphatic heterocycles. The smallest absolute Gasteiger partial charge is 0.259 e. The van der Waals surface area contributed by atoms with Gasteiger partial charge in [-0.05, 0) is 37.6 Å². The largest absolute Gasteiger partial charge is 0.286 e. The molecule has 0 bridgehead atoms. The highest BCUT2D eigenvalue weighted by Crippen LogP contribution is 2.21. The number of carbonyl (C=O) groups is 1. The standard InChI is InChI=1S/C18H19N3OS/c1-13-8-14(2)10-16(9-13)17(22)21-7-6-20-18(21)23-12-15-4-3-5-19-11-15/h3-5,8-11H,6-7,12H2,1-2H3. The highest BCUT2D eigenvalue weighted by molar-refractivity contribution is 8.13. The van der Waals surface area contributed by atoms with E-state index in [2.05, 4.69) is 16.0 Å². The molecule has 0 fully saturated rings. The molecule has 23 heavy (non-hydrogen) atoms. The van der Waals surface area contributed by atoms with E-state index in [4.69, 9.17) is 0 Å². The zero-order valence-electron chi connectivity index (χ0n) is 13.3. The molecule has 3 rings (SSSR count). The Bertz CT molecular complexity index is 723. The summed E-state index contributed by atoms with van der Waals surface area (Å²) in [6.07, 6.45) is 3.61. The summed E-state index contributed by atoms with van der Waals surface area (Å²) in [5.41, 5.74) is 4.08. The zero-order chi connectivity index (χ0) is 16.2. The van der Waals surface area contributed by atoms with Gasteiger partial charge in [-0.3, -0.25) is 19.7 Å². The lowest BCUT2D eigenvalue weighted by Crippen LogP contribution is -2.33. The second-order valence-corrected chi connectivity index (χ2v) is 6.59. The monoisotopic (exact) mass is 325 g/mol. The Kier molecular flexibility index (Phi) is 4.76. The molecular formula is C18H19N3OS. The normalized spacial score (nSPS) is 14.0. The van der Waals surface area contributed by atoms with E-state index < -0.39 is 0 Å². The van der Waals surface area contributed by atoms with Crippen molar-refractivity contribution in [2.24, 2.45) is 4.99 Å². The van der Waals surface area contributed by atoms with Crippen molar-refractivity contribution in [3.63, 3.8) is 0 Å². The van der Waals surface area contributed by atoms with Crippen LogP contribution in [-0.4, -0.2) is 34.0 Å². The molecule has 0 saturated heterocycles. The van der Waals surface area contributed by atoms with Crippen molar-refractivity contribution in [1.29, 1.82) is 0 Å². The summed E-state index contributed by atoms with van der Waals surface area (Å²) in [4.78, 5) is 23.2. The predicted molar refractivity (Wildman–Crippen MR) is 94.8 cm³/mol. The molecule has 2 heterocycles. The number of carbonyl (C=O) groups excluding carboxylic acids is 1. The van der Waals surface area contributed by atoms with Gasteiger partial charge in [0, 0.05) is 30.3 Å². The zero-order valence-corrected chi connectivity index (χ0v) is 14.1. The molecule has 1 aromatic heterocycles. The Morgan fingerprint density at radius 1 is 1.26 bits per heavy atom. The van der Waals surface area contributed by atoms with Gasteiger partial charge in [-0.1, -0.05) is 35.0 Å². The summed E-state index contributed by atoms with van der Waals surface area (Å²) >= 11 is 1.59. The number of aryl methyl sites for hydroxylation is 2. The van der Waals surface area contributed by atoms with Gasteiger partial charge in [0.1, 0.15) is 0 Å². The van der Waals surface area contributed by atoms with Crippen LogP contribution in [0.5, 0.6) is 0 Å². The molecule has 0 radical (unpaired) electrons. The van der Waals surface area contributed by atoms with Crippen LogP contribution in [0.4, 0.5) is 0 Å². The quantitative estimate of drug-likeness (QED) is 0.868. The molecule has 118 valence electrons. The topological polar surface area (TPSA) is 45.6 Å². The van der Waals surface area contributed by atoms with Gasteiger partial charge in [0.05, 0.1) is 6.54 Å². The lowest BCUT2D eigenvalue weighted by atomic mass is 10.1. The van der Waals surface area contributed by atoms with Crippen LogP contribution in [0.15, 0.2) is 47.7 Å². The summed E-state index contributed by atoms with van der Waals surface area (Å²) in [5.74, 6) is 0.801. The van der Waals surface area contributed by atoms with Crippen LogP contribution in [0, 0.1) is 13.8 Å². The third-order valence-electron chi connectivity index (χ3n) is 3.61. The highest BCUT2D eigenvalue weighted by Gasteiger charge is 2.25. The van der Waals surface area contributed by atoms with Crippen molar-refractivity contribution < 1.29 is 4.79 Å². The van der Waals surface area contributed by atoms with Crippen LogP contribution >= 0.6 is 11.8 Å². The molecule has 0 spiro atoms. The number of amidine groups is 1. The van der Waals surface area contributed by atoms with Crippen LogP contribution in [0.3, 0.4) is 0 Å². The van der Waals surface area contributed by atoms with E-state index in [0.717, 1.165) is 33.2 Å². The third-order valence-corrected chi connectivity index (χ3v) is 4.69. The molecule has 5 heteroatoms. The number of amides is 1. The van der Waals surface area contributed by atoms with Gasteiger partial charge in [0.15, 0.2) is 5.17 Å². The number of aliphatic imine (C=N–C) groups is 1. The van der Waals surface area contributed by atoms with Crippen molar-refractivity contribution in [3.8, 4) is 0 Å². The van der Waals surface area contributed by atoms with Crippen molar-refractivity contribution in [1.82, 2.24) is 9.88 Å². The van der Waals surface area contributed by atoms with E-state index in [-0.39, 0.29) is 5.91 Å². The van der Waals surface area contributed by atoms with Crippen LogP contribution < -0.4 is 0 Å². The van der Waals surface area contributed by atoms with Gasteiger partial charge in [-0.25, -0.2) is 0 Å². The van der Waals surface area contributed by atoms with Gasteiger partial charge in [0.25, 0.3) is 5.91 Å². The number of benzene rings is 1. The molecule has 2 aromatic rings. The molecule has 1 aliphatic rings. The Labute approximate surface area is 140 Å². The van der Waals surface area contributed by atoms with Gasteiger partial charge >= 0.3 is 0 Å². The van der Waals surface area contributed by atoms with Crippen LogP contribution in [0.1, 0.15) is 27.0 Å². The van der Waals surface area contributed by atoms with Gasteiger partial charge in [-0.15, -0.1) is 0 Å². The Hall–Kier alpha value is -2.14. The third kappa shape index (κ3) is 3.79. The minimum atomic E-state index is 0.0340. The van der Waals surface area contributed by atoms with Crippen LogP contribution in [-0.2, 0) is 5.75 Å². The second kappa shape index (κ2) is 6.96. The van der Waals surface area contributed by atoms with Gasteiger partial charge < -0.3 is 0 Å². The lowest BCUT2D eigenvalue weighted by molar-refractivity contribution is 0.0860. The summed E-state index contributed by atoms with van der Waals surface area (Å²) in [6, 6.07) is 9.91. The number of pyridine rings is 1. The van der Waals surface area contributed by atoms with E-state index in [1.54, 1.807) is 22.9 Å². The van der Waals surface area contributed by atoms with Crippen LogP contribution in [0.25, 0.3) is 0 Å². The van der Waals surface area contributed by atoms with E-state index in [0.29, 0.717) is 13.1 Å². The molecule has 1 aromatic carbocycles. The number of thioether (sulfide) groups is 1. The first-order valence-corrected chi connectivity index (χ1v) is 8.58. The molecule has 0 N–H and O–H groups in total. The highest BCUT2D eigenvalue weighted by atomic mass is 32.2. The van der Waals surface area contributed by atoms with Crippen molar-refractivity contribution >= 4 is 22.8 Å². The lowest BCUT2D eigenvalue weighted by Gasteiger charge is -2.18. The number of aromatic nitrogens is 1. The number of nitrogens with zero attached hydrogens (tertiary/aromatic N) is 3. The van der Waals surface area contributed by atoms with E-state index in [1.165, 1.54) is 0 Å². The Morgan fingerprint density at radius 3 is 2.74 bits per heavy atom. The fourth-order valence-electron chi connectivity index (χ4n) is 2.62. The summed E-state index contributed by atoms with van der Waals surface area (Å²) in [7, 11) is 0. The maximum Gasteiger partial charge on any atom is 0.259 e. The number of rotatable bonds is 3. The summed E-state index contributed by atoms with van der Waals surface area (Å²) in [6.45, 7) is 5.35. The molecule has 4 nitrogen and oxygen atoms in total. The van der Waals surface area contributed by atoms with Crippen molar-refractivity contribution in [2.45, 2.75) is 19.6 Å². The van der Waals surface area contributed by atoms with Crippen LogP contribution in [0.2, 0.25) is 0 Å². The van der Waals surface area contributed by atoms with Crippen molar-refractivity contribution in [3.05, 3.63) is 65.0 Å². The minimum absolute atomic E-state index is 0.0340. The van der Waals surface area contributed by atoms with Gasteiger partial charge in [0.2, 0.25) is 0 Å². The first kappa shape index (κ1) is 15.7. The SMILES string of the molecule is Cc1cc(C)cc(C(=O)N2CCN=C2SCc2cccnc2)c1. The molecule has 0 atom stereocenters. The van der Waals surface area contributed by atoms with Gasteiger partial charge in [-0.2, -0.15) is 0 Å². The molecule has 0 unspecified atom stereocenters. The van der Waals surface area contributed by atoms with E-state index in [9.17, 15) is 4.79 Å². The van der Waals surface area contributed by atoms with Crippen molar-refractivity contribution in [2.75, 3.05) is 13.1 Å². The molecule has 0 aliphatic carbocycles. The van der Waals surface area contributed by atoms with E-state index >= 15 is 0 Å². The van der Waals surface area contributed by atoms with E-state index in [1.807, 2.05) is 44.3 Å². The first-order valence-electron chi connectivity index (χ1n) is 7.60. The number of hydrogen-bond donors (Lipinski definition) is 0. The second-order valence-electron chi connectivity index (χ2n) is 5.65. The summed E-state index contributed by atoms with van der Waals surface area (Å²) in [5, 5.41) is 0.804. The number of hydrogen-bond acceptors (Lipinski definition) is 4. The Balaban J connectivity index is 1.72. The Morgan fingerprint density at radius 2 is 2.04 bits per heavy atom.